The Morgan fingerprint density at radius 1 is 1.17 bits per heavy atom. The predicted molar refractivity (Wildman–Crippen MR) is 112 cm³/mol. The van der Waals surface area contributed by atoms with Crippen molar-refractivity contribution in [2.75, 3.05) is 13.1 Å². The van der Waals surface area contributed by atoms with Gasteiger partial charge in [0.1, 0.15) is 10.8 Å². The lowest BCUT2D eigenvalue weighted by atomic mass is 9.87. The summed E-state index contributed by atoms with van der Waals surface area (Å²) in [4.78, 5) is 19.0. The summed E-state index contributed by atoms with van der Waals surface area (Å²) >= 11 is 1.42. The molecule has 6 heteroatoms. The molecule has 29 heavy (non-hydrogen) atoms. The molecule has 1 aromatic heterocycles. The first kappa shape index (κ1) is 19.7. The topological polar surface area (TPSA) is 53.4 Å². The summed E-state index contributed by atoms with van der Waals surface area (Å²) in [6.07, 6.45) is 1.33. The van der Waals surface area contributed by atoms with Gasteiger partial charge >= 0.3 is 0 Å². The first-order chi connectivity index (χ1) is 14.1. The number of thiazole rings is 1. The second-order valence-corrected chi connectivity index (χ2v) is 8.26. The van der Waals surface area contributed by atoms with E-state index in [1.165, 1.54) is 23.5 Å². The first-order valence-corrected chi connectivity index (χ1v) is 10.7. The van der Waals surface area contributed by atoms with E-state index >= 15 is 0 Å². The number of piperidine rings is 1. The van der Waals surface area contributed by atoms with Crippen molar-refractivity contribution in [3.8, 4) is 10.6 Å². The van der Waals surface area contributed by atoms with Crippen molar-refractivity contribution in [1.82, 2.24) is 9.88 Å². The van der Waals surface area contributed by atoms with E-state index < -0.39 is 6.10 Å². The number of halogens is 1. The van der Waals surface area contributed by atoms with Gasteiger partial charge in [0, 0.05) is 24.0 Å². The van der Waals surface area contributed by atoms with E-state index in [2.05, 4.69) is 4.98 Å². The molecule has 0 radical (unpaired) electrons. The summed E-state index contributed by atoms with van der Waals surface area (Å²) in [6, 6.07) is 16.0. The van der Waals surface area contributed by atoms with Gasteiger partial charge in [0.25, 0.3) is 0 Å². The summed E-state index contributed by atoms with van der Waals surface area (Å²) in [5.74, 6) is -0.0788. The highest BCUT2D eigenvalue weighted by atomic mass is 32.1. The fourth-order valence-electron chi connectivity index (χ4n) is 3.80. The summed E-state index contributed by atoms with van der Waals surface area (Å²) in [6.45, 7) is 1.29. The molecule has 2 heterocycles. The summed E-state index contributed by atoms with van der Waals surface area (Å²) in [5.41, 5.74) is 2.37. The maximum Gasteiger partial charge on any atom is 0.228 e. The van der Waals surface area contributed by atoms with Crippen LogP contribution in [0.4, 0.5) is 4.39 Å². The van der Waals surface area contributed by atoms with Gasteiger partial charge in [0.15, 0.2) is 0 Å². The number of aliphatic hydroxyl groups is 1. The molecule has 1 fully saturated rings. The molecule has 2 aromatic carbocycles. The monoisotopic (exact) mass is 410 g/mol. The van der Waals surface area contributed by atoms with Gasteiger partial charge in [-0.25, -0.2) is 9.37 Å². The van der Waals surface area contributed by atoms with Gasteiger partial charge in [-0.1, -0.05) is 42.5 Å². The largest absolute Gasteiger partial charge is 0.388 e. The minimum absolute atomic E-state index is 0.0498. The fraction of sp³-hybridized carbons (Fsp3) is 0.304. The lowest BCUT2D eigenvalue weighted by Gasteiger charge is -2.34. The molecule has 1 amide bonds. The number of carbonyl (C=O) groups is 1. The molecule has 3 aromatic rings. The Bertz CT molecular complexity index is 968. The Morgan fingerprint density at radius 3 is 2.66 bits per heavy atom. The Hall–Kier alpha value is -2.57. The zero-order chi connectivity index (χ0) is 20.2. The summed E-state index contributed by atoms with van der Waals surface area (Å²) in [5, 5.41) is 13.2. The van der Waals surface area contributed by atoms with Crippen LogP contribution in [0.3, 0.4) is 0 Å². The lowest BCUT2D eigenvalue weighted by Crippen LogP contribution is -2.40. The van der Waals surface area contributed by atoms with Crippen LogP contribution in [0.25, 0.3) is 10.6 Å². The smallest absolute Gasteiger partial charge is 0.228 e. The third kappa shape index (κ3) is 4.71. The molecular formula is C23H23FN2O2S. The number of likely N-dealkylation sites (tertiary alicyclic amines) is 1. The number of hydrogen-bond acceptors (Lipinski definition) is 4. The Kier molecular flexibility index (Phi) is 6.02. The van der Waals surface area contributed by atoms with Crippen molar-refractivity contribution in [2.45, 2.75) is 25.4 Å². The highest BCUT2D eigenvalue weighted by molar-refractivity contribution is 7.13. The van der Waals surface area contributed by atoms with E-state index in [4.69, 9.17) is 0 Å². The normalized spacial score (nSPS) is 16.0. The maximum absolute atomic E-state index is 13.4. The maximum atomic E-state index is 13.4. The predicted octanol–water partition coefficient (Wildman–Crippen LogP) is 4.46. The SMILES string of the molecule is O=C(Cc1csc(-c2cccc(F)c2)n1)N1CCC(C(O)c2ccccc2)CC1. The van der Waals surface area contributed by atoms with Crippen LogP contribution in [-0.2, 0) is 11.2 Å². The molecule has 0 aliphatic carbocycles. The second kappa shape index (κ2) is 8.84. The molecule has 4 rings (SSSR count). The number of carbonyl (C=O) groups excluding carboxylic acids is 1. The minimum atomic E-state index is -0.485. The van der Waals surface area contributed by atoms with Crippen LogP contribution in [0.1, 0.15) is 30.2 Å². The van der Waals surface area contributed by atoms with Crippen LogP contribution < -0.4 is 0 Å². The van der Waals surface area contributed by atoms with Crippen molar-refractivity contribution >= 4 is 17.2 Å². The van der Waals surface area contributed by atoms with E-state index in [1.54, 1.807) is 6.07 Å². The highest BCUT2D eigenvalue weighted by Gasteiger charge is 2.28. The number of aliphatic hydroxyl groups excluding tert-OH is 1. The average molecular weight is 411 g/mol. The molecule has 4 nitrogen and oxygen atoms in total. The van der Waals surface area contributed by atoms with Crippen LogP contribution in [0.2, 0.25) is 0 Å². The Balaban J connectivity index is 1.32. The fourth-order valence-corrected chi connectivity index (χ4v) is 4.61. The molecule has 1 aliphatic rings. The van der Waals surface area contributed by atoms with Crippen molar-refractivity contribution < 1.29 is 14.3 Å². The van der Waals surface area contributed by atoms with E-state index in [9.17, 15) is 14.3 Å². The van der Waals surface area contributed by atoms with Crippen LogP contribution >= 0.6 is 11.3 Å². The van der Waals surface area contributed by atoms with E-state index in [0.29, 0.717) is 18.8 Å². The molecule has 0 saturated carbocycles. The zero-order valence-electron chi connectivity index (χ0n) is 16.0. The minimum Gasteiger partial charge on any atom is -0.388 e. The van der Waals surface area contributed by atoms with Gasteiger partial charge in [0.2, 0.25) is 5.91 Å². The number of aromatic nitrogens is 1. The lowest BCUT2D eigenvalue weighted by molar-refractivity contribution is -0.132. The van der Waals surface area contributed by atoms with Gasteiger partial charge in [-0.2, -0.15) is 0 Å². The molecule has 1 N–H and O–H groups in total. The molecule has 1 aliphatic heterocycles. The molecule has 0 spiro atoms. The number of hydrogen-bond donors (Lipinski definition) is 1. The van der Waals surface area contributed by atoms with Gasteiger partial charge in [0.05, 0.1) is 18.2 Å². The summed E-state index contributed by atoms with van der Waals surface area (Å²) in [7, 11) is 0. The highest BCUT2D eigenvalue weighted by Crippen LogP contribution is 2.31. The third-order valence-corrected chi connectivity index (χ3v) is 6.38. The van der Waals surface area contributed by atoms with Crippen LogP contribution in [0.15, 0.2) is 60.0 Å². The zero-order valence-corrected chi connectivity index (χ0v) is 16.8. The van der Waals surface area contributed by atoms with Crippen LogP contribution in [0.5, 0.6) is 0 Å². The van der Waals surface area contributed by atoms with Gasteiger partial charge in [-0.3, -0.25) is 4.79 Å². The number of amides is 1. The number of nitrogens with zero attached hydrogens (tertiary/aromatic N) is 2. The van der Waals surface area contributed by atoms with E-state index in [1.807, 2.05) is 46.7 Å². The van der Waals surface area contributed by atoms with Crippen molar-refractivity contribution in [2.24, 2.45) is 5.92 Å². The van der Waals surface area contributed by atoms with Gasteiger partial charge < -0.3 is 10.0 Å². The second-order valence-electron chi connectivity index (χ2n) is 7.40. The van der Waals surface area contributed by atoms with E-state index in [0.717, 1.165) is 29.0 Å². The molecule has 0 bridgehead atoms. The number of benzene rings is 2. The standard InChI is InChI=1S/C23H23FN2O2S/c24-19-8-4-7-18(13-19)23-25-20(15-29-23)14-21(27)26-11-9-17(10-12-26)22(28)16-5-2-1-3-6-16/h1-8,13,15,17,22,28H,9-12,14H2. The van der Waals surface area contributed by atoms with Gasteiger partial charge in [-0.15, -0.1) is 11.3 Å². The van der Waals surface area contributed by atoms with Crippen molar-refractivity contribution in [1.29, 1.82) is 0 Å². The molecule has 1 saturated heterocycles. The molecule has 1 atom stereocenters. The quantitative estimate of drug-likeness (QED) is 0.676. The molecular weight excluding hydrogens is 387 g/mol. The Labute approximate surface area is 173 Å². The Morgan fingerprint density at radius 2 is 1.93 bits per heavy atom. The molecule has 150 valence electrons. The van der Waals surface area contributed by atoms with Crippen molar-refractivity contribution in [3.05, 3.63) is 77.1 Å². The summed E-state index contributed by atoms with van der Waals surface area (Å²) < 4.78 is 13.4. The van der Waals surface area contributed by atoms with Crippen LogP contribution in [-0.4, -0.2) is 34.0 Å². The van der Waals surface area contributed by atoms with Crippen molar-refractivity contribution in [3.63, 3.8) is 0 Å². The third-order valence-electron chi connectivity index (χ3n) is 5.44. The van der Waals surface area contributed by atoms with Crippen LogP contribution in [0, 0.1) is 11.7 Å². The molecule has 1 unspecified atom stereocenters. The average Bonchev–Trinajstić information content (AvgIpc) is 3.22. The van der Waals surface area contributed by atoms with E-state index in [-0.39, 0.29) is 24.1 Å². The van der Waals surface area contributed by atoms with Gasteiger partial charge in [-0.05, 0) is 36.5 Å². The first-order valence-electron chi connectivity index (χ1n) is 9.81. The number of rotatable bonds is 5.